The monoisotopic (exact) mass is 186 g/mol. The van der Waals surface area contributed by atoms with Crippen LogP contribution in [-0.4, -0.2) is 35.1 Å². The zero-order valence-electron chi connectivity index (χ0n) is 6.94. The molecular formula is C7H10N2O2S. The number of carboxylic acids is 1. The van der Waals surface area contributed by atoms with Crippen molar-refractivity contribution in [1.29, 1.82) is 0 Å². The second-order valence-corrected chi connectivity index (χ2v) is 3.79. The summed E-state index contributed by atoms with van der Waals surface area (Å²) in [6, 6.07) is 0. The Morgan fingerprint density at radius 2 is 2.42 bits per heavy atom. The van der Waals surface area contributed by atoms with Crippen molar-refractivity contribution in [2.45, 2.75) is 6.54 Å². The molecule has 0 radical (unpaired) electrons. The van der Waals surface area contributed by atoms with Crippen molar-refractivity contribution in [3.8, 4) is 0 Å². The molecule has 1 aromatic rings. The lowest BCUT2D eigenvalue weighted by atomic mass is 10.5. The normalized spacial score (nSPS) is 10.6. The SMILES string of the molecule is CN(C)Cc1cnc(C(=O)O)s1. The minimum absolute atomic E-state index is 0.159. The van der Waals surface area contributed by atoms with Gasteiger partial charge in [0.25, 0.3) is 0 Å². The maximum atomic E-state index is 10.4. The summed E-state index contributed by atoms with van der Waals surface area (Å²) < 4.78 is 0. The van der Waals surface area contributed by atoms with E-state index in [1.54, 1.807) is 6.20 Å². The van der Waals surface area contributed by atoms with Crippen LogP contribution in [0.3, 0.4) is 0 Å². The van der Waals surface area contributed by atoms with Crippen molar-refractivity contribution in [2.24, 2.45) is 0 Å². The Morgan fingerprint density at radius 3 is 2.83 bits per heavy atom. The van der Waals surface area contributed by atoms with Gasteiger partial charge >= 0.3 is 5.97 Å². The second-order valence-electron chi connectivity index (χ2n) is 2.67. The highest BCUT2D eigenvalue weighted by Crippen LogP contribution is 2.13. The Labute approximate surface area is 74.5 Å². The third kappa shape index (κ3) is 2.28. The van der Waals surface area contributed by atoms with Crippen LogP contribution in [0, 0.1) is 0 Å². The van der Waals surface area contributed by atoms with Crippen LogP contribution in [0.5, 0.6) is 0 Å². The molecule has 1 aromatic heterocycles. The Balaban J connectivity index is 2.71. The summed E-state index contributed by atoms with van der Waals surface area (Å²) in [4.78, 5) is 17.1. The molecule has 1 N–H and O–H groups in total. The Bertz CT molecular complexity index is 283. The molecule has 0 spiro atoms. The molecule has 0 aliphatic carbocycles. The van der Waals surface area contributed by atoms with Gasteiger partial charge in [-0.25, -0.2) is 9.78 Å². The van der Waals surface area contributed by atoms with Crippen LogP contribution in [0.4, 0.5) is 0 Å². The minimum atomic E-state index is -0.954. The first kappa shape index (κ1) is 9.15. The van der Waals surface area contributed by atoms with Crippen LogP contribution in [-0.2, 0) is 6.54 Å². The van der Waals surface area contributed by atoms with Gasteiger partial charge in [0.15, 0.2) is 0 Å². The van der Waals surface area contributed by atoms with Crippen LogP contribution in [0.25, 0.3) is 0 Å². The number of hydrogen-bond acceptors (Lipinski definition) is 4. The van der Waals surface area contributed by atoms with Gasteiger partial charge in [0, 0.05) is 17.6 Å². The molecule has 66 valence electrons. The molecule has 0 saturated heterocycles. The van der Waals surface area contributed by atoms with Crippen molar-refractivity contribution >= 4 is 17.3 Å². The molecule has 0 atom stereocenters. The number of rotatable bonds is 3. The molecule has 5 heteroatoms. The van der Waals surface area contributed by atoms with Gasteiger partial charge in [-0.15, -0.1) is 11.3 Å². The van der Waals surface area contributed by atoms with Crippen molar-refractivity contribution in [3.05, 3.63) is 16.1 Å². The number of thiazole rings is 1. The van der Waals surface area contributed by atoms with Gasteiger partial charge in [0.1, 0.15) is 0 Å². The molecule has 0 aromatic carbocycles. The predicted octanol–water partition coefficient (Wildman–Crippen LogP) is 0.903. The van der Waals surface area contributed by atoms with Gasteiger partial charge in [-0.2, -0.15) is 0 Å². The first-order valence-electron chi connectivity index (χ1n) is 3.42. The van der Waals surface area contributed by atoms with Crippen LogP contribution in [0.1, 0.15) is 14.7 Å². The van der Waals surface area contributed by atoms with Gasteiger partial charge in [-0.05, 0) is 14.1 Å². The number of nitrogens with zero attached hydrogens (tertiary/aromatic N) is 2. The number of aromatic carboxylic acids is 1. The number of carboxylic acid groups (broad SMARTS) is 1. The first-order valence-corrected chi connectivity index (χ1v) is 4.24. The summed E-state index contributed by atoms with van der Waals surface area (Å²) >= 11 is 1.22. The lowest BCUT2D eigenvalue weighted by Crippen LogP contribution is -2.09. The molecule has 4 nitrogen and oxygen atoms in total. The first-order chi connectivity index (χ1) is 5.59. The van der Waals surface area contributed by atoms with E-state index < -0.39 is 5.97 Å². The van der Waals surface area contributed by atoms with Gasteiger partial charge in [0.05, 0.1) is 0 Å². The summed E-state index contributed by atoms with van der Waals surface area (Å²) in [6.45, 7) is 0.741. The molecule has 0 aliphatic rings. The smallest absolute Gasteiger partial charge is 0.365 e. The Morgan fingerprint density at radius 1 is 1.75 bits per heavy atom. The molecule has 0 bridgehead atoms. The second kappa shape index (κ2) is 3.64. The average Bonchev–Trinajstić information content (AvgIpc) is 2.34. The van der Waals surface area contributed by atoms with Crippen LogP contribution in [0.2, 0.25) is 0 Å². The van der Waals surface area contributed by atoms with E-state index in [-0.39, 0.29) is 5.01 Å². The van der Waals surface area contributed by atoms with Gasteiger partial charge in [-0.1, -0.05) is 0 Å². The summed E-state index contributed by atoms with van der Waals surface area (Å²) in [5.41, 5.74) is 0. The van der Waals surface area contributed by atoms with E-state index in [0.717, 1.165) is 11.4 Å². The fraction of sp³-hybridized carbons (Fsp3) is 0.429. The number of hydrogen-bond donors (Lipinski definition) is 1. The van der Waals surface area contributed by atoms with Crippen LogP contribution >= 0.6 is 11.3 Å². The largest absolute Gasteiger partial charge is 0.476 e. The van der Waals surface area contributed by atoms with Gasteiger partial charge in [0.2, 0.25) is 5.01 Å². The third-order valence-corrected chi connectivity index (χ3v) is 2.18. The summed E-state index contributed by atoms with van der Waals surface area (Å²) in [7, 11) is 3.86. The maximum Gasteiger partial charge on any atom is 0.365 e. The highest BCUT2D eigenvalue weighted by atomic mass is 32.1. The van der Waals surface area contributed by atoms with Crippen molar-refractivity contribution in [2.75, 3.05) is 14.1 Å². The summed E-state index contributed by atoms with van der Waals surface area (Å²) in [5.74, 6) is -0.954. The van der Waals surface area contributed by atoms with Gasteiger partial charge in [-0.3, -0.25) is 0 Å². The topological polar surface area (TPSA) is 53.4 Å². The Kier molecular flexibility index (Phi) is 2.78. The van der Waals surface area contributed by atoms with Gasteiger partial charge < -0.3 is 10.0 Å². The standard InChI is InChI=1S/C7H10N2O2S/c1-9(2)4-5-3-8-6(12-5)7(10)11/h3H,4H2,1-2H3,(H,10,11). The average molecular weight is 186 g/mol. The zero-order chi connectivity index (χ0) is 9.14. The molecule has 0 fully saturated rings. The van der Waals surface area contributed by atoms with Crippen molar-refractivity contribution in [3.63, 3.8) is 0 Å². The molecule has 0 amide bonds. The van der Waals surface area contributed by atoms with Crippen molar-refractivity contribution in [1.82, 2.24) is 9.88 Å². The van der Waals surface area contributed by atoms with Crippen LogP contribution < -0.4 is 0 Å². The molecule has 0 unspecified atom stereocenters. The van der Waals surface area contributed by atoms with E-state index in [1.165, 1.54) is 11.3 Å². The predicted molar refractivity (Wildman–Crippen MR) is 46.5 cm³/mol. The number of aromatic nitrogens is 1. The molecular weight excluding hydrogens is 176 g/mol. The van der Waals surface area contributed by atoms with E-state index >= 15 is 0 Å². The highest BCUT2D eigenvalue weighted by molar-refractivity contribution is 7.13. The van der Waals surface area contributed by atoms with E-state index in [0.29, 0.717) is 0 Å². The number of carbonyl (C=O) groups is 1. The fourth-order valence-electron chi connectivity index (χ4n) is 0.791. The lowest BCUT2D eigenvalue weighted by Gasteiger charge is -2.04. The molecule has 0 saturated carbocycles. The molecule has 12 heavy (non-hydrogen) atoms. The third-order valence-electron chi connectivity index (χ3n) is 1.21. The van der Waals surface area contributed by atoms with E-state index in [1.807, 2.05) is 19.0 Å². The molecule has 1 rings (SSSR count). The fourth-order valence-corrected chi connectivity index (χ4v) is 1.66. The maximum absolute atomic E-state index is 10.4. The van der Waals surface area contributed by atoms with Crippen molar-refractivity contribution < 1.29 is 9.90 Å². The summed E-state index contributed by atoms with van der Waals surface area (Å²) in [6.07, 6.45) is 1.61. The van der Waals surface area contributed by atoms with E-state index in [9.17, 15) is 4.79 Å². The highest BCUT2D eigenvalue weighted by Gasteiger charge is 2.08. The van der Waals surface area contributed by atoms with Crippen LogP contribution in [0.15, 0.2) is 6.20 Å². The molecule has 1 heterocycles. The molecule has 0 aliphatic heterocycles. The summed E-state index contributed by atoms with van der Waals surface area (Å²) in [5, 5.41) is 8.73. The quantitative estimate of drug-likeness (QED) is 0.762. The Hall–Kier alpha value is -0.940. The zero-order valence-corrected chi connectivity index (χ0v) is 7.76. The van der Waals surface area contributed by atoms with E-state index in [2.05, 4.69) is 4.98 Å². The minimum Gasteiger partial charge on any atom is -0.476 e. The van der Waals surface area contributed by atoms with E-state index in [4.69, 9.17) is 5.11 Å². The lowest BCUT2D eigenvalue weighted by molar-refractivity contribution is 0.0696.